The minimum absolute atomic E-state index is 0.209. The van der Waals surface area contributed by atoms with Crippen LogP contribution < -0.4 is 10.2 Å². The van der Waals surface area contributed by atoms with Crippen molar-refractivity contribution in [2.75, 3.05) is 23.8 Å². The highest BCUT2D eigenvalue weighted by Gasteiger charge is 2.26. The highest BCUT2D eigenvalue weighted by Crippen LogP contribution is 2.27. The first-order valence-electron chi connectivity index (χ1n) is 7.33. The molecule has 0 aromatic carbocycles. The monoisotopic (exact) mass is 263 g/mol. The molecule has 0 saturated heterocycles. The Morgan fingerprint density at radius 2 is 2.21 bits per heavy atom. The van der Waals surface area contributed by atoms with Crippen molar-refractivity contribution in [3.63, 3.8) is 0 Å². The SMILES string of the molecule is CCCNc1cc(N(C)C2CCCCC2O)ccn1. The first kappa shape index (κ1) is 14.1. The zero-order chi connectivity index (χ0) is 13.7. The van der Waals surface area contributed by atoms with Gasteiger partial charge in [-0.05, 0) is 25.3 Å². The molecule has 2 unspecified atom stereocenters. The van der Waals surface area contributed by atoms with Crippen LogP contribution in [0.15, 0.2) is 18.3 Å². The molecule has 0 amide bonds. The second kappa shape index (κ2) is 6.75. The molecular weight excluding hydrogens is 238 g/mol. The molecule has 1 saturated carbocycles. The molecule has 4 nitrogen and oxygen atoms in total. The van der Waals surface area contributed by atoms with Gasteiger partial charge in [0.1, 0.15) is 5.82 Å². The Kier molecular flexibility index (Phi) is 5.02. The number of nitrogens with one attached hydrogen (secondary N) is 1. The Labute approximate surface area is 115 Å². The van der Waals surface area contributed by atoms with Gasteiger partial charge in [-0.15, -0.1) is 0 Å². The molecule has 1 aromatic rings. The lowest BCUT2D eigenvalue weighted by Crippen LogP contribution is -2.43. The van der Waals surface area contributed by atoms with Crippen LogP contribution in [-0.4, -0.2) is 35.8 Å². The van der Waals surface area contributed by atoms with Crippen LogP contribution in [0.25, 0.3) is 0 Å². The van der Waals surface area contributed by atoms with Gasteiger partial charge in [-0.1, -0.05) is 19.8 Å². The lowest BCUT2D eigenvalue weighted by atomic mass is 9.91. The van der Waals surface area contributed by atoms with Crippen molar-refractivity contribution in [2.24, 2.45) is 0 Å². The predicted octanol–water partition coefficient (Wildman–Crippen LogP) is 2.64. The van der Waals surface area contributed by atoms with E-state index in [4.69, 9.17) is 0 Å². The molecule has 1 aliphatic carbocycles. The molecule has 0 aliphatic heterocycles. The molecule has 1 heterocycles. The van der Waals surface area contributed by atoms with Crippen LogP contribution in [0, 0.1) is 0 Å². The van der Waals surface area contributed by atoms with Gasteiger partial charge in [0.05, 0.1) is 12.1 Å². The van der Waals surface area contributed by atoms with E-state index in [2.05, 4.69) is 35.2 Å². The fraction of sp³-hybridized carbons (Fsp3) is 0.667. The van der Waals surface area contributed by atoms with Crippen molar-refractivity contribution < 1.29 is 5.11 Å². The number of aliphatic hydroxyl groups excluding tert-OH is 1. The Morgan fingerprint density at radius 3 is 2.95 bits per heavy atom. The normalized spacial score (nSPS) is 23.1. The molecule has 0 spiro atoms. The third kappa shape index (κ3) is 3.60. The minimum Gasteiger partial charge on any atom is -0.391 e. The summed E-state index contributed by atoms with van der Waals surface area (Å²) in [5.74, 6) is 0.913. The summed E-state index contributed by atoms with van der Waals surface area (Å²) in [7, 11) is 2.07. The highest BCUT2D eigenvalue weighted by molar-refractivity contribution is 5.54. The molecule has 4 heteroatoms. The van der Waals surface area contributed by atoms with E-state index in [0.717, 1.165) is 43.7 Å². The average molecular weight is 263 g/mol. The predicted molar refractivity (Wildman–Crippen MR) is 79.7 cm³/mol. The number of anilines is 2. The smallest absolute Gasteiger partial charge is 0.127 e. The molecule has 1 aromatic heterocycles. The van der Waals surface area contributed by atoms with Crippen molar-refractivity contribution in [1.82, 2.24) is 4.98 Å². The van der Waals surface area contributed by atoms with Crippen LogP contribution in [0.5, 0.6) is 0 Å². The summed E-state index contributed by atoms with van der Waals surface area (Å²) in [6.07, 6.45) is 7.04. The van der Waals surface area contributed by atoms with Crippen LogP contribution in [0.4, 0.5) is 11.5 Å². The van der Waals surface area contributed by atoms with Crippen molar-refractivity contribution in [3.05, 3.63) is 18.3 Å². The van der Waals surface area contributed by atoms with Gasteiger partial charge >= 0.3 is 0 Å². The largest absolute Gasteiger partial charge is 0.391 e. The molecule has 2 N–H and O–H groups in total. The van der Waals surface area contributed by atoms with Gasteiger partial charge in [-0.25, -0.2) is 4.98 Å². The summed E-state index contributed by atoms with van der Waals surface area (Å²) in [4.78, 5) is 6.52. The third-order valence-electron chi connectivity index (χ3n) is 3.90. The topological polar surface area (TPSA) is 48.4 Å². The minimum atomic E-state index is -0.209. The lowest BCUT2D eigenvalue weighted by Gasteiger charge is -2.36. The number of hydrogen-bond acceptors (Lipinski definition) is 4. The Bertz CT molecular complexity index is 397. The van der Waals surface area contributed by atoms with E-state index >= 15 is 0 Å². The zero-order valence-electron chi connectivity index (χ0n) is 12.0. The molecule has 2 rings (SSSR count). The van der Waals surface area contributed by atoms with Crippen LogP contribution >= 0.6 is 0 Å². The summed E-state index contributed by atoms with van der Waals surface area (Å²) in [5.41, 5.74) is 1.12. The van der Waals surface area contributed by atoms with Gasteiger partial charge in [0.2, 0.25) is 0 Å². The fourth-order valence-corrected chi connectivity index (χ4v) is 2.72. The van der Waals surface area contributed by atoms with Crippen molar-refractivity contribution in [1.29, 1.82) is 0 Å². The van der Waals surface area contributed by atoms with Crippen LogP contribution in [0.1, 0.15) is 39.0 Å². The lowest BCUT2D eigenvalue weighted by molar-refractivity contribution is 0.106. The number of hydrogen-bond donors (Lipinski definition) is 2. The number of nitrogens with zero attached hydrogens (tertiary/aromatic N) is 2. The molecule has 2 atom stereocenters. The molecule has 1 fully saturated rings. The molecule has 19 heavy (non-hydrogen) atoms. The zero-order valence-corrected chi connectivity index (χ0v) is 12.0. The number of rotatable bonds is 5. The number of pyridine rings is 1. The Balaban J connectivity index is 2.07. The fourth-order valence-electron chi connectivity index (χ4n) is 2.72. The summed E-state index contributed by atoms with van der Waals surface area (Å²) in [5, 5.41) is 13.4. The van der Waals surface area contributed by atoms with Gasteiger partial charge in [-0.3, -0.25) is 0 Å². The molecule has 106 valence electrons. The summed E-state index contributed by atoms with van der Waals surface area (Å²) >= 11 is 0. The molecule has 0 bridgehead atoms. The summed E-state index contributed by atoms with van der Waals surface area (Å²) < 4.78 is 0. The number of aromatic nitrogens is 1. The second-order valence-electron chi connectivity index (χ2n) is 5.36. The van der Waals surface area contributed by atoms with Crippen LogP contribution in [0.3, 0.4) is 0 Å². The van der Waals surface area contributed by atoms with Gasteiger partial charge in [0, 0.05) is 31.5 Å². The van der Waals surface area contributed by atoms with E-state index in [0.29, 0.717) is 0 Å². The maximum Gasteiger partial charge on any atom is 0.127 e. The molecular formula is C15H25N3O. The van der Waals surface area contributed by atoms with Crippen LogP contribution in [0.2, 0.25) is 0 Å². The first-order valence-corrected chi connectivity index (χ1v) is 7.33. The van der Waals surface area contributed by atoms with Gasteiger partial charge in [0.15, 0.2) is 0 Å². The summed E-state index contributed by atoms with van der Waals surface area (Å²) in [6.45, 7) is 3.08. The van der Waals surface area contributed by atoms with E-state index in [1.165, 1.54) is 6.42 Å². The standard InChI is InChI=1S/C15H25N3O/c1-3-9-16-15-11-12(8-10-17-15)18(2)13-6-4-5-7-14(13)19/h8,10-11,13-14,19H,3-7,9H2,1-2H3,(H,16,17). The second-order valence-corrected chi connectivity index (χ2v) is 5.36. The van der Waals surface area contributed by atoms with E-state index in [9.17, 15) is 5.11 Å². The average Bonchev–Trinajstić information content (AvgIpc) is 2.45. The van der Waals surface area contributed by atoms with Crippen molar-refractivity contribution >= 4 is 11.5 Å². The maximum atomic E-state index is 10.1. The third-order valence-corrected chi connectivity index (χ3v) is 3.90. The highest BCUT2D eigenvalue weighted by atomic mass is 16.3. The Hall–Kier alpha value is -1.29. The van der Waals surface area contributed by atoms with E-state index < -0.39 is 0 Å². The summed E-state index contributed by atoms with van der Waals surface area (Å²) in [6, 6.07) is 4.31. The number of likely N-dealkylation sites (N-methyl/N-ethyl adjacent to an activating group) is 1. The first-order chi connectivity index (χ1) is 9.22. The van der Waals surface area contributed by atoms with Gasteiger partial charge < -0.3 is 15.3 Å². The van der Waals surface area contributed by atoms with E-state index in [1.807, 2.05) is 12.3 Å². The molecule has 0 radical (unpaired) electrons. The Morgan fingerprint density at radius 1 is 1.42 bits per heavy atom. The van der Waals surface area contributed by atoms with Crippen molar-refractivity contribution in [2.45, 2.75) is 51.2 Å². The number of aliphatic hydroxyl groups is 1. The quantitative estimate of drug-likeness (QED) is 0.857. The van der Waals surface area contributed by atoms with Gasteiger partial charge in [-0.2, -0.15) is 0 Å². The van der Waals surface area contributed by atoms with Crippen molar-refractivity contribution in [3.8, 4) is 0 Å². The van der Waals surface area contributed by atoms with E-state index in [-0.39, 0.29) is 12.1 Å². The van der Waals surface area contributed by atoms with E-state index in [1.54, 1.807) is 0 Å². The maximum absolute atomic E-state index is 10.1. The van der Waals surface area contributed by atoms with Gasteiger partial charge in [0.25, 0.3) is 0 Å². The van der Waals surface area contributed by atoms with Crippen LogP contribution in [-0.2, 0) is 0 Å². The molecule has 1 aliphatic rings.